The first kappa shape index (κ1) is 13.2. The molecule has 2 heterocycles. The summed E-state index contributed by atoms with van der Waals surface area (Å²) in [6.45, 7) is 1.93. The van der Waals surface area contributed by atoms with Gasteiger partial charge in [-0.1, -0.05) is 0 Å². The number of hydrogen-bond donors (Lipinski definition) is 2. The van der Waals surface area contributed by atoms with Gasteiger partial charge >= 0.3 is 0 Å². The van der Waals surface area contributed by atoms with Crippen LogP contribution in [0.2, 0.25) is 0 Å². The second-order valence-corrected chi connectivity index (χ2v) is 4.80. The third-order valence-corrected chi connectivity index (χ3v) is 3.09. The Labute approximate surface area is 120 Å². The standard InChI is InChI=1S/C14H14N6O/c1-9(6-11-8-15-4-5-16-11)17-14(21)10-2-3-12-13(7-10)19-20-18-12/h2-5,7-9H,6H2,1H3,(H,17,21)(H,18,19,20)/t9-/m1/s1. The summed E-state index contributed by atoms with van der Waals surface area (Å²) in [4.78, 5) is 20.4. The number of fused-ring (bicyclic) bond motifs is 1. The lowest BCUT2D eigenvalue weighted by Gasteiger charge is -2.13. The monoisotopic (exact) mass is 282 g/mol. The number of aromatic nitrogens is 5. The van der Waals surface area contributed by atoms with Gasteiger partial charge in [-0.2, -0.15) is 15.4 Å². The quantitative estimate of drug-likeness (QED) is 0.747. The molecule has 0 bridgehead atoms. The predicted octanol–water partition coefficient (Wildman–Crippen LogP) is 1.11. The normalized spacial score (nSPS) is 12.2. The fourth-order valence-corrected chi connectivity index (χ4v) is 2.09. The first-order chi connectivity index (χ1) is 10.2. The zero-order valence-electron chi connectivity index (χ0n) is 11.4. The summed E-state index contributed by atoms with van der Waals surface area (Å²) in [7, 11) is 0. The highest BCUT2D eigenvalue weighted by molar-refractivity contribution is 5.97. The number of benzene rings is 1. The number of nitrogens with one attached hydrogen (secondary N) is 2. The van der Waals surface area contributed by atoms with Gasteiger partial charge in [0, 0.05) is 36.6 Å². The van der Waals surface area contributed by atoms with Crippen molar-refractivity contribution in [3.63, 3.8) is 0 Å². The molecule has 2 N–H and O–H groups in total. The van der Waals surface area contributed by atoms with E-state index < -0.39 is 0 Å². The SMILES string of the molecule is C[C@H](Cc1cnccn1)NC(=O)c1ccc2n[nH]nc2c1. The summed E-state index contributed by atoms with van der Waals surface area (Å²) in [6.07, 6.45) is 5.60. The number of amides is 1. The molecule has 3 rings (SSSR count). The first-order valence-corrected chi connectivity index (χ1v) is 6.58. The number of rotatable bonds is 4. The molecule has 0 aliphatic carbocycles. The molecule has 3 aromatic rings. The van der Waals surface area contributed by atoms with Gasteiger partial charge in [0.1, 0.15) is 11.0 Å². The molecule has 1 atom stereocenters. The minimum Gasteiger partial charge on any atom is -0.349 e. The highest BCUT2D eigenvalue weighted by Gasteiger charge is 2.12. The minimum atomic E-state index is -0.142. The first-order valence-electron chi connectivity index (χ1n) is 6.58. The molecule has 1 aromatic carbocycles. The Bertz CT molecular complexity index is 754. The van der Waals surface area contributed by atoms with Gasteiger partial charge in [-0.3, -0.25) is 14.8 Å². The van der Waals surface area contributed by atoms with Crippen LogP contribution in [0.1, 0.15) is 23.0 Å². The molecular formula is C14H14N6O. The Morgan fingerprint density at radius 1 is 1.29 bits per heavy atom. The molecule has 21 heavy (non-hydrogen) atoms. The van der Waals surface area contributed by atoms with E-state index in [4.69, 9.17) is 0 Å². The van der Waals surface area contributed by atoms with Crippen LogP contribution in [0.5, 0.6) is 0 Å². The molecule has 0 radical (unpaired) electrons. The Kier molecular flexibility index (Phi) is 3.55. The van der Waals surface area contributed by atoms with E-state index in [9.17, 15) is 4.79 Å². The van der Waals surface area contributed by atoms with Gasteiger partial charge in [0.15, 0.2) is 0 Å². The molecule has 2 aromatic heterocycles. The molecule has 0 aliphatic heterocycles. The number of hydrogen-bond acceptors (Lipinski definition) is 5. The molecule has 0 spiro atoms. The highest BCUT2D eigenvalue weighted by atomic mass is 16.1. The van der Waals surface area contributed by atoms with E-state index in [2.05, 4.69) is 30.7 Å². The summed E-state index contributed by atoms with van der Waals surface area (Å²) in [5.74, 6) is -0.142. The minimum absolute atomic E-state index is 0.0396. The van der Waals surface area contributed by atoms with E-state index in [1.165, 1.54) is 0 Å². The largest absolute Gasteiger partial charge is 0.349 e. The molecule has 1 amide bonds. The van der Waals surface area contributed by atoms with Crippen molar-refractivity contribution in [3.05, 3.63) is 48.0 Å². The Morgan fingerprint density at radius 3 is 2.95 bits per heavy atom. The van der Waals surface area contributed by atoms with Crippen molar-refractivity contribution < 1.29 is 4.79 Å². The Hall–Kier alpha value is -2.83. The summed E-state index contributed by atoms with van der Waals surface area (Å²) in [6, 6.07) is 5.17. The number of carbonyl (C=O) groups is 1. The van der Waals surface area contributed by atoms with Gasteiger partial charge in [-0.05, 0) is 25.1 Å². The van der Waals surface area contributed by atoms with Crippen molar-refractivity contribution in [2.24, 2.45) is 0 Å². The average molecular weight is 282 g/mol. The van der Waals surface area contributed by atoms with Crippen molar-refractivity contribution in [3.8, 4) is 0 Å². The summed E-state index contributed by atoms with van der Waals surface area (Å²) in [5.41, 5.74) is 2.81. The van der Waals surface area contributed by atoms with Crippen molar-refractivity contribution in [1.29, 1.82) is 0 Å². The van der Waals surface area contributed by atoms with E-state index in [0.717, 1.165) is 11.2 Å². The van der Waals surface area contributed by atoms with E-state index >= 15 is 0 Å². The Balaban J connectivity index is 1.67. The third-order valence-electron chi connectivity index (χ3n) is 3.09. The Morgan fingerprint density at radius 2 is 2.14 bits per heavy atom. The highest BCUT2D eigenvalue weighted by Crippen LogP contribution is 2.10. The van der Waals surface area contributed by atoms with Crippen molar-refractivity contribution in [2.45, 2.75) is 19.4 Å². The number of nitrogens with zero attached hydrogens (tertiary/aromatic N) is 4. The molecule has 0 saturated heterocycles. The molecule has 7 heteroatoms. The number of H-pyrrole nitrogens is 1. The van der Waals surface area contributed by atoms with Crippen LogP contribution in [-0.4, -0.2) is 37.3 Å². The summed E-state index contributed by atoms with van der Waals surface area (Å²) < 4.78 is 0. The van der Waals surface area contributed by atoms with Crippen molar-refractivity contribution in [1.82, 2.24) is 30.7 Å². The fourth-order valence-electron chi connectivity index (χ4n) is 2.09. The summed E-state index contributed by atoms with van der Waals surface area (Å²) in [5, 5.41) is 13.4. The van der Waals surface area contributed by atoms with E-state index in [1.807, 2.05) is 6.92 Å². The average Bonchev–Trinajstić information content (AvgIpc) is 2.95. The van der Waals surface area contributed by atoms with Crippen LogP contribution in [0.4, 0.5) is 0 Å². The van der Waals surface area contributed by atoms with Crippen LogP contribution in [-0.2, 0) is 6.42 Å². The van der Waals surface area contributed by atoms with Crippen molar-refractivity contribution >= 4 is 16.9 Å². The topological polar surface area (TPSA) is 96.5 Å². The summed E-state index contributed by atoms with van der Waals surface area (Å²) >= 11 is 0. The van der Waals surface area contributed by atoms with Gasteiger partial charge in [-0.15, -0.1) is 0 Å². The van der Waals surface area contributed by atoms with E-state index in [0.29, 0.717) is 17.5 Å². The second kappa shape index (κ2) is 5.66. The van der Waals surface area contributed by atoms with E-state index in [-0.39, 0.29) is 11.9 Å². The van der Waals surface area contributed by atoms with Gasteiger partial charge in [0.2, 0.25) is 0 Å². The number of carbonyl (C=O) groups excluding carboxylic acids is 1. The zero-order valence-corrected chi connectivity index (χ0v) is 11.4. The van der Waals surface area contributed by atoms with E-state index in [1.54, 1.807) is 36.8 Å². The van der Waals surface area contributed by atoms with Crippen LogP contribution in [0.3, 0.4) is 0 Å². The lowest BCUT2D eigenvalue weighted by Crippen LogP contribution is -2.34. The lowest BCUT2D eigenvalue weighted by molar-refractivity contribution is 0.0940. The lowest BCUT2D eigenvalue weighted by atomic mass is 10.1. The van der Waals surface area contributed by atoms with Gasteiger partial charge < -0.3 is 5.32 Å². The van der Waals surface area contributed by atoms with Gasteiger partial charge in [0.25, 0.3) is 5.91 Å². The van der Waals surface area contributed by atoms with Crippen LogP contribution in [0.25, 0.3) is 11.0 Å². The number of aromatic amines is 1. The maximum Gasteiger partial charge on any atom is 0.251 e. The van der Waals surface area contributed by atoms with Crippen LogP contribution < -0.4 is 5.32 Å². The zero-order chi connectivity index (χ0) is 14.7. The fraction of sp³-hybridized carbons (Fsp3) is 0.214. The maximum absolute atomic E-state index is 12.2. The van der Waals surface area contributed by atoms with Crippen LogP contribution >= 0.6 is 0 Å². The van der Waals surface area contributed by atoms with Gasteiger partial charge in [-0.25, -0.2) is 0 Å². The third kappa shape index (κ3) is 3.02. The van der Waals surface area contributed by atoms with Gasteiger partial charge in [0.05, 0.1) is 5.69 Å². The molecule has 0 unspecified atom stereocenters. The smallest absolute Gasteiger partial charge is 0.251 e. The van der Waals surface area contributed by atoms with Crippen molar-refractivity contribution in [2.75, 3.05) is 0 Å². The molecule has 7 nitrogen and oxygen atoms in total. The maximum atomic E-state index is 12.2. The molecule has 0 saturated carbocycles. The van der Waals surface area contributed by atoms with Crippen LogP contribution in [0.15, 0.2) is 36.8 Å². The van der Waals surface area contributed by atoms with Crippen LogP contribution in [0, 0.1) is 0 Å². The molecular weight excluding hydrogens is 268 g/mol. The predicted molar refractivity (Wildman–Crippen MR) is 76.6 cm³/mol. The molecule has 0 fully saturated rings. The molecule has 106 valence electrons. The molecule has 0 aliphatic rings. The second-order valence-electron chi connectivity index (χ2n) is 4.80.